The van der Waals surface area contributed by atoms with Crippen molar-refractivity contribution in [3.05, 3.63) is 34.3 Å². The summed E-state index contributed by atoms with van der Waals surface area (Å²) in [4.78, 5) is 21.3. The second-order valence-electron chi connectivity index (χ2n) is 2.79. The first-order valence-electron chi connectivity index (χ1n) is 4.25. The van der Waals surface area contributed by atoms with E-state index in [1.165, 1.54) is 7.05 Å². The quantitative estimate of drug-likeness (QED) is 0.804. The van der Waals surface area contributed by atoms with Crippen LogP contribution in [0.1, 0.15) is 15.9 Å². The van der Waals surface area contributed by atoms with Crippen LogP contribution in [0.4, 0.5) is 4.79 Å². The van der Waals surface area contributed by atoms with E-state index < -0.39 is 6.09 Å². The zero-order chi connectivity index (χ0) is 11.3. The molecule has 0 aliphatic carbocycles. The molecule has 1 aromatic carbocycles. The summed E-state index contributed by atoms with van der Waals surface area (Å²) < 4.78 is 4.81. The number of ether oxygens (including phenoxy) is 1. The molecule has 0 atom stereocenters. The highest BCUT2D eigenvalue weighted by molar-refractivity contribution is 6.31. The molecule has 0 bridgehead atoms. The van der Waals surface area contributed by atoms with Crippen LogP contribution in [-0.4, -0.2) is 19.4 Å². The van der Waals surface area contributed by atoms with Gasteiger partial charge in [0.25, 0.3) is 0 Å². The van der Waals surface area contributed by atoms with Gasteiger partial charge in [-0.3, -0.25) is 4.79 Å². The van der Waals surface area contributed by atoms with Gasteiger partial charge in [0.05, 0.1) is 0 Å². The summed E-state index contributed by atoms with van der Waals surface area (Å²) in [6.07, 6.45) is 0.169. The summed E-state index contributed by atoms with van der Waals surface area (Å²) in [5, 5.41) is 2.77. The van der Waals surface area contributed by atoms with Crippen molar-refractivity contribution in [2.24, 2.45) is 0 Å². The van der Waals surface area contributed by atoms with Crippen molar-refractivity contribution in [2.45, 2.75) is 6.61 Å². The van der Waals surface area contributed by atoms with Gasteiger partial charge in [0.2, 0.25) is 0 Å². The van der Waals surface area contributed by atoms with Gasteiger partial charge >= 0.3 is 6.09 Å². The van der Waals surface area contributed by atoms with Gasteiger partial charge in [-0.1, -0.05) is 17.7 Å². The fourth-order valence-corrected chi connectivity index (χ4v) is 1.17. The fraction of sp³-hybridized carbons (Fsp3) is 0.200. The summed E-state index contributed by atoms with van der Waals surface area (Å²) >= 11 is 5.85. The Morgan fingerprint density at radius 3 is 2.93 bits per heavy atom. The molecule has 0 radical (unpaired) electrons. The van der Waals surface area contributed by atoms with E-state index in [1.54, 1.807) is 18.2 Å². The molecule has 1 N–H and O–H groups in total. The van der Waals surface area contributed by atoms with Crippen molar-refractivity contribution < 1.29 is 14.3 Å². The summed E-state index contributed by atoms with van der Waals surface area (Å²) in [5.41, 5.74) is 1.10. The number of amides is 1. The molecule has 0 unspecified atom stereocenters. The molecule has 0 saturated heterocycles. The molecule has 1 amide bonds. The van der Waals surface area contributed by atoms with Crippen molar-refractivity contribution in [2.75, 3.05) is 7.05 Å². The van der Waals surface area contributed by atoms with E-state index in [0.717, 1.165) is 0 Å². The Balaban J connectivity index is 2.75. The van der Waals surface area contributed by atoms with Gasteiger partial charge in [0.1, 0.15) is 12.9 Å². The topological polar surface area (TPSA) is 55.4 Å². The molecule has 80 valence electrons. The summed E-state index contributed by atoms with van der Waals surface area (Å²) in [7, 11) is 1.46. The van der Waals surface area contributed by atoms with Crippen molar-refractivity contribution >= 4 is 24.0 Å². The minimum absolute atomic E-state index is 0.0419. The molecule has 0 aromatic heterocycles. The summed E-state index contributed by atoms with van der Waals surface area (Å²) in [5.74, 6) is 0. The first-order valence-corrected chi connectivity index (χ1v) is 4.63. The number of hydrogen-bond donors (Lipinski definition) is 1. The standard InChI is InChI=1S/C10H10ClNO3/c1-12-10(14)15-6-8-4-7(5-13)2-3-9(8)11/h2-5H,6H2,1H3,(H,12,14). The SMILES string of the molecule is CNC(=O)OCc1cc(C=O)ccc1Cl. The van der Waals surface area contributed by atoms with Crippen LogP contribution in [0.15, 0.2) is 18.2 Å². The van der Waals surface area contributed by atoms with Crippen LogP contribution in [0.2, 0.25) is 5.02 Å². The van der Waals surface area contributed by atoms with Gasteiger partial charge in [-0.2, -0.15) is 0 Å². The molecule has 1 aromatic rings. The van der Waals surface area contributed by atoms with E-state index in [9.17, 15) is 9.59 Å². The van der Waals surface area contributed by atoms with Crippen LogP contribution in [0.5, 0.6) is 0 Å². The van der Waals surface area contributed by atoms with Crippen molar-refractivity contribution in [1.82, 2.24) is 5.32 Å². The van der Waals surface area contributed by atoms with Crippen molar-refractivity contribution in [3.8, 4) is 0 Å². The fourth-order valence-electron chi connectivity index (χ4n) is 0.994. The molecule has 5 heteroatoms. The summed E-state index contributed by atoms with van der Waals surface area (Å²) in [6, 6.07) is 4.77. The van der Waals surface area contributed by atoms with Crippen LogP contribution in [0.3, 0.4) is 0 Å². The van der Waals surface area contributed by atoms with Crippen LogP contribution < -0.4 is 5.32 Å². The maximum atomic E-state index is 10.8. The molecule has 0 heterocycles. The predicted octanol–water partition coefficient (Wildman–Crippen LogP) is 2.01. The number of carbonyl (C=O) groups excluding carboxylic acids is 2. The van der Waals surface area contributed by atoms with E-state index in [2.05, 4.69) is 5.32 Å². The third kappa shape index (κ3) is 3.25. The van der Waals surface area contributed by atoms with Crippen LogP contribution in [0.25, 0.3) is 0 Å². The maximum Gasteiger partial charge on any atom is 0.407 e. The maximum absolute atomic E-state index is 10.8. The lowest BCUT2D eigenvalue weighted by atomic mass is 10.1. The monoisotopic (exact) mass is 227 g/mol. The molecule has 0 aliphatic rings. The smallest absolute Gasteiger partial charge is 0.407 e. The lowest BCUT2D eigenvalue weighted by Gasteiger charge is -2.06. The highest BCUT2D eigenvalue weighted by Gasteiger charge is 2.04. The highest BCUT2D eigenvalue weighted by atomic mass is 35.5. The Hall–Kier alpha value is -1.55. The zero-order valence-corrected chi connectivity index (χ0v) is 8.88. The van der Waals surface area contributed by atoms with Gasteiger partial charge < -0.3 is 10.1 Å². The number of nitrogens with one attached hydrogen (secondary N) is 1. The Labute approximate surface area is 92.2 Å². The largest absolute Gasteiger partial charge is 0.445 e. The van der Waals surface area contributed by atoms with E-state index in [-0.39, 0.29) is 6.61 Å². The average molecular weight is 228 g/mol. The van der Waals surface area contributed by atoms with Crippen LogP contribution in [-0.2, 0) is 11.3 Å². The van der Waals surface area contributed by atoms with Crippen LogP contribution in [0, 0.1) is 0 Å². The van der Waals surface area contributed by atoms with Gasteiger partial charge in [0.15, 0.2) is 0 Å². The van der Waals surface area contributed by atoms with Gasteiger partial charge in [-0.15, -0.1) is 0 Å². The molecule has 15 heavy (non-hydrogen) atoms. The Kier molecular flexibility index (Phi) is 4.12. The Morgan fingerprint density at radius 1 is 1.60 bits per heavy atom. The highest BCUT2D eigenvalue weighted by Crippen LogP contribution is 2.17. The Bertz CT molecular complexity index is 379. The van der Waals surface area contributed by atoms with E-state index in [4.69, 9.17) is 16.3 Å². The number of aldehydes is 1. The number of hydrogen-bond acceptors (Lipinski definition) is 3. The Morgan fingerprint density at radius 2 is 2.33 bits per heavy atom. The number of carbonyl (C=O) groups is 2. The van der Waals surface area contributed by atoms with Crippen molar-refractivity contribution in [3.63, 3.8) is 0 Å². The number of rotatable bonds is 3. The first kappa shape index (κ1) is 11.5. The molecule has 0 spiro atoms. The third-order valence-corrected chi connectivity index (χ3v) is 2.14. The molecular formula is C10H10ClNO3. The zero-order valence-electron chi connectivity index (χ0n) is 8.12. The average Bonchev–Trinajstić information content (AvgIpc) is 2.27. The number of halogens is 1. The normalized spacial score (nSPS) is 9.47. The van der Waals surface area contributed by atoms with Gasteiger partial charge in [0, 0.05) is 23.2 Å². The van der Waals surface area contributed by atoms with E-state index in [0.29, 0.717) is 22.4 Å². The first-order chi connectivity index (χ1) is 7.17. The molecule has 0 saturated carbocycles. The second-order valence-corrected chi connectivity index (χ2v) is 3.20. The molecule has 0 aliphatic heterocycles. The molecule has 1 rings (SSSR count). The second kappa shape index (κ2) is 5.36. The van der Waals surface area contributed by atoms with Gasteiger partial charge in [-0.25, -0.2) is 4.79 Å². The number of benzene rings is 1. The van der Waals surface area contributed by atoms with Crippen molar-refractivity contribution in [1.29, 1.82) is 0 Å². The van der Waals surface area contributed by atoms with Gasteiger partial charge in [-0.05, 0) is 12.1 Å². The summed E-state index contributed by atoms with van der Waals surface area (Å²) in [6.45, 7) is 0.0419. The molecular weight excluding hydrogens is 218 g/mol. The predicted molar refractivity (Wildman–Crippen MR) is 56.1 cm³/mol. The molecule has 0 fully saturated rings. The lowest BCUT2D eigenvalue weighted by molar-refractivity contribution is 0.112. The van der Waals surface area contributed by atoms with E-state index in [1.807, 2.05) is 0 Å². The number of alkyl carbamates (subject to hydrolysis) is 1. The molecule has 4 nitrogen and oxygen atoms in total. The van der Waals surface area contributed by atoms with Crippen LogP contribution >= 0.6 is 11.6 Å². The lowest BCUT2D eigenvalue weighted by Crippen LogP contribution is -2.18. The third-order valence-electron chi connectivity index (χ3n) is 1.77. The van der Waals surface area contributed by atoms with E-state index >= 15 is 0 Å². The minimum Gasteiger partial charge on any atom is -0.445 e. The minimum atomic E-state index is -0.539.